The first-order valence-corrected chi connectivity index (χ1v) is 4.95. The second-order valence-electron chi connectivity index (χ2n) is 3.15. The molecule has 0 aliphatic heterocycles. The molecule has 0 atom stereocenters. The van der Waals surface area contributed by atoms with Crippen LogP contribution in [-0.4, -0.2) is 19.1 Å². The zero-order valence-electron chi connectivity index (χ0n) is 8.93. The van der Waals surface area contributed by atoms with Crippen LogP contribution in [0.15, 0.2) is 18.2 Å². The number of hydrogen-bond acceptors (Lipinski definition) is 2. The summed E-state index contributed by atoms with van der Waals surface area (Å²) in [5, 5.41) is 2.38. The van der Waals surface area contributed by atoms with Crippen molar-refractivity contribution in [3.63, 3.8) is 0 Å². The van der Waals surface area contributed by atoms with Crippen LogP contribution < -0.4 is 5.32 Å². The van der Waals surface area contributed by atoms with E-state index >= 15 is 0 Å². The molecule has 0 unspecified atom stereocenters. The Morgan fingerprint density at radius 1 is 1.31 bits per heavy atom. The molecule has 0 saturated carbocycles. The predicted molar refractivity (Wildman–Crippen MR) is 56.1 cm³/mol. The number of nitrogens with one attached hydrogen (secondary N) is 1. The summed E-state index contributed by atoms with van der Waals surface area (Å²) in [6, 6.07) is 2.86. The van der Waals surface area contributed by atoms with Gasteiger partial charge in [-0.25, -0.2) is 8.78 Å². The highest BCUT2D eigenvalue weighted by Crippen LogP contribution is 2.12. The summed E-state index contributed by atoms with van der Waals surface area (Å²) in [7, 11) is 0. The van der Waals surface area contributed by atoms with Crippen LogP contribution in [0.3, 0.4) is 0 Å². The summed E-state index contributed by atoms with van der Waals surface area (Å²) in [6.45, 7) is 2.64. The molecular formula is C11H13F2NO2. The first kappa shape index (κ1) is 12.6. The van der Waals surface area contributed by atoms with Crippen molar-refractivity contribution in [2.45, 2.75) is 13.3 Å². The van der Waals surface area contributed by atoms with E-state index in [4.69, 9.17) is 4.74 Å². The van der Waals surface area contributed by atoms with E-state index in [1.54, 1.807) is 0 Å². The van der Waals surface area contributed by atoms with Gasteiger partial charge in [0.15, 0.2) is 0 Å². The van der Waals surface area contributed by atoms with Crippen LogP contribution in [-0.2, 0) is 9.53 Å². The maximum atomic E-state index is 12.8. The van der Waals surface area contributed by atoms with E-state index in [2.05, 4.69) is 5.32 Å². The molecule has 0 aromatic heterocycles. The SMILES string of the molecule is CCOCCC(=O)Nc1cc(F)cc(F)c1. The minimum atomic E-state index is -0.722. The van der Waals surface area contributed by atoms with Gasteiger partial charge in [-0.15, -0.1) is 0 Å². The Balaban J connectivity index is 2.49. The third kappa shape index (κ3) is 4.35. The van der Waals surface area contributed by atoms with Gasteiger partial charge in [0.05, 0.1) is 13.0 Å². The van der Waals surface area contributed by atoms with Gasteiger partial charge in [-0.1, -0.05) is 0 Å². The lowest BCUT2D eigenvalue weighted by atomic mass is 10.3. The fourth-order valence-corrected chi connectivity index (χ4v) is 1.16. The van der Waals surface area contributed by atoms with Crippen LogP contribution in [0.5, 0.6) is 0 Å². The van der Waals surface area contributed by atoms with Gasteiger partial charge >= 0.3 is 0 Å². The van der Waals surface area contributed by atoms with Crippen LogP contribution in [0.1, 0.15) is 13.3 Å². The second-order valence-corrected chi connectivity index (χ2v) is 3.15. The Bertz CT molecular complexity index is 349. The monoisotopic (exact) mass is 229 g/mol. The smallest absolute Gasteiger partial charge is 0.226 e. The first-order chi connectivity index (χ1) is 7.61. The molecule has 0 saturated heterocycles. The fraction of sp³-hybridized carbons (Fsp3) is 0.364. The highest BCUT2D eigenvalue weighted by Gasteiger charge is 2.05. The second kappa shape index (κ2) is 6.17. The number of ether oxygens (including phenoxy) is 1. The van der Waals surface area contributed by atoms with Crippen molar-refractivity contribution in [3.05, 3.63) is 29.8 Å². The molecular weight excluding hydrogens is 216 g/mol. The highest BCUT2D eigenvalue weighted by molar-refractivity contribution is 5.90. The molecule has 0 spiro atoms. The predicted octanol–water partition coefficient (Wildman–Crippen LogP) is 2.33. The molecule has 3 nitrogen and oxygen atoms in total. The van der Waals surface area contributed by atoms with E-state index in [-0.39, 0.29) is 18.0 Å². The number of benzene rings is 1. The van der Waals surface area contributed by atoms with Crippen LogP contribution in [0.2, 0.25) is 0 Å². The molecule has 5 heteroatoms. The van der Waals surface area contributed by atoms with Crippen molar-refractivity contribution < 1.29 is 18.3 Å². The summed E-state index contributed by atoms with van der Waals surface area (Å²) < 4.78 is 30.5. The van der Waals surface area contributed by atoms with E-state index in [0.29, 0.717) is 13.2 Å². The van der Waals surface area contributed by atoms with Crippen molar-refractivity contribution in [3.8, 4) is 0 Å². The van der Waals surface area contributed by atoms with Gasteiger partial charge in [0.1, 0.15) is 11.6 Å². The Labute approximate surface area is 92.4 Å². The van der Waals surface area contributed by atoms with Crippen molar-refractivity contribution in [1.29, 1.82) is 0 Å². The van der Waals surface area contributed by atoms with Crippen LogP contribution in [0, 0.1) is 11.6 Å². The molecule has 1 rings (SSSR count). The number of rotatable bonds is 5. The van der Waals surface area contributed by atoms with E-state index in [9.17, 15) is 13.6 Å². The van der Waals surface area contributed by atoms with Crippen molar-refractivity contribution in [2.75, 3.05) is 18.5 Å². The summed E-state index contributed by atoms with van der Waals surface area (Å²) in [5.41, 5.74) is 0.110. The molecule has 16 heavy (non-hydrogen) atoms. The summed E-state index contributed by atoms with van der Waals surface area (Å²) in [5.74, 6) is -1.78. The molecule has 1 amide bonds. The minimum Gasteiger partial charge on any atom is -0.381 e. The standard InChI is InChI=1S/C11H13F2NO2/c1-2-16-4-3-11(15)14-10-6-8(12)5-9(13)7-10/h5-7H,2-4H2,1H3,(H,14,15). The molecule has 0 bridgehead atoms. The van der Waals surface area contributed by atoms with Crippen molar-refractivity contribution >= 4 is 11.6 Å². The Morgan fingerprint density at radius 3 is 2.50 bits per heavy atom. The van der Waals surface area contributed by atoms with Crippen molar-refractivity contribution in [1.82, 2.24) is 0 Å². The van der Waals surface area contributed by atoms with Crippen LogP contribution in [0.25, 0.3) is 0 Å². The Hall–Kier alpha value is -1.49. The number of carbonyl (C=O) groups excluding carboxylic acids is 1. The summed E-state index contributed by atoms with van der Waals surface area (Å²) in [6.07, 6.45) is 0.159. The van der Waals surface area contributed by atoms with Crippen molar-refractivity contribution in [2.24, 2.45) is 0 Å². The molecule has 1 aromatic carbocycles. The largest absolute Gasteiger partial charge is 0.381 e. The lowest BCUT2D eigenvalue weighted by molar-refractivity contribution is -0.117. The number of anilines is 1. The number of halogens is 2. The van der Waals surface area contributed by atoms with Crippen LogP contribution in [0.4, 0.5) is 14.5 Å². The molecule has 0 aliphatic rings. The van der Waals surface area contributed by atoms with Gasteiger partial charge in [-0.2, -0.15) is 0 Å². The van der Waals surface area contributed by atoms with Crippen LogP contribution >= 0.6 is 0 Å². The Kier molecular flexibility index (Phi) is 4.85. The number of hydrogen-bond donors (Lipinski definition) is 1. The summed E-state index contributed by atoms with van der Waals surface area (Å²) in [4.78, 5) is 11.3. The van der Waals surface area contributed by atoms with Gasteiger partial charge in [0.25, 0.3) is 0 Å². The van der Waals surface area contributed by atoms with Gasteiger partial charge in [-0.3, -0.25) is 4.79 Å². The quantitative estimate of drug-likeness (QED) is 0.787. The van der Waals surface area contributed by atoms with E-state index in [1.807, 2.05) is 6.92 Å². The maximum Gasteiger partial charge on any atom is 0.226 e. The molecule has 1 N–H and O–H groups in total. The lowest BCUT2D eigenvalue weighted by Crippen LogP contribution is -2.14. The number of amides is 1. The summed E-state index contributed by atoms with van der Waals surface area (Å²) >= 11 is 0. The zero-order chi connectivity index (χ0) is 12.0. The number of carbonyl (C=O) groups is 1. The average Bonchev–Trinajstić information content (AvgIpc) is 2.16. The normalized spacial score (nSPS) is 10.2. The molecule has 88 valence electrons. The van der Waals surface area contributed by atoms with Gasteiger partial charge < -0.3 is 10.1 Å². The fourth-order valence-electron chi connectivity index (χ4n) is 1.16. The van der Waals surface area contributed by atoms with Gasteiger partial charge in [0.2, 0.25) is 5.91 Å². The first-order valence-electron chi connectivity index (χ1n) is 4.95. The third-order valence-electron chi connectivity index (χ3n) is 1.82. The van der Waals surface area contributed by atoms with E-state index < -0.39 is 11.6 Å². The molecule has 0 heterocycles. The highest BCUT2D eigenvalue weighted by atomic mass is 19.1. The topological polar surface area (TPSA) is 38.3 Å². The molecule has 0 radical (unpaired) electrons. The minimum absolute atomic E-state index is 0.110. The average molecular weight is 229 g/mol. The van der Waals surface area contributed by atoms with Gasteiger partial charge in [0, 0.05) is 18.4 Å². The van der Waals surface area contributed by atoms with Gasteiger partial charge in [-0.05, 0) is 19.1 Å². The maximum absolute atomic E-state index is 12.8. The zero-order valence-corrected chi connectivity index (χ0v) is 8.93. The van der Waals surface area contributed by atoms with E-state index in [1.165, 1.54) is 0 Å². The van der Waals surface area contributed by atoms with E-state index in [0.717, 1.165) is 18.2 Å². The lowest BCUT2D eigenvalue weighted by Gasteiger charge is -2.05. The molecule has 0 aliphatic carbocycles. The molecule has 1 aromatic rings. The third-order valence-corrected chi connectivity index (χ3v) is 1.82. The molecule has 0 fully saturated rings. The Morgan fingerprint density at radius 2 is 1.94 bits per heavy atom.